The third-order valence-corrected chi connectivity index (χ3v) is 2.14. The topological polar surface area (TPSA) is 81.8 Å². The molecule has 0 heterocycles. The largest absolute Gasteiger partial charge is 0.481 e. The average molecular weight is 219 g/mol. The van der Waals surface area contributed by atoms with E-state index in [9.17, 15) is 4.79 Å². The van der Waals surface area contributed by atoms with Crippen LogP contribution in [-0.2, 0) is 14.3 Å². The van der Waals surface area contributed by atoms with E-state index in [1.807, 2.05) is 0 Å². The zero-order valence-corrected chi connectivity index (χ0v) is 9.28. The molecule has 90 valence electrons. The van der Waals surface area contributed by atoms with Crippen molar-refractivity contribution in [2.75, 3.05) is 33.5 Å². The summed E-state index contributed by atoms with van der Waals surface area (Å²) in [6.45, 7) is 2.13. The third kappa shape index (κ3) is 8.35. The summed E-state index contributed by atoms with van der Waals surface area (Å²) in [5, 5.41) is 8.83. The van der Waals surface area contributed by atoms with E-state index in [0.717, 1.165) is 6.42 Å². The number of carboxylic acid groups (broad SMARTS) is 1. The van der Waals surface area contributed by atoms with Gasteiger partial charge in [-0.15, -0.1) is 0 Å². The first-order valence-corrected chi connectivity index (χ1v) is 5.22. The van der Waals surface area contributed by atoms with Gasteiger partial charge in [-0.25, -0.2) is 0 Å². The Morgan fingerprint density at radius 2 is 2.07 bits per heavy atom. The zero-order chi connectivity index (χ0) is 11.5. The molecule has 0 aliphatic heterocycles. The fraction of sp³-hybridized carbons (Fsp3) is 0.900. The number of hydrogen-bond donors (Lipinski definition) is 2. The van der Waals surface area contributed by atoms with Crippen molar-refractivity contribution in [2.24, 2.45) is 11.7 Å². The first kappa shape index (κ1) is 14.3. The second-order valence-corrected chi connectivity index (χ2v) is 3.36. The van der Waals surface area contributed by atoms with Crippen molar-refractivity contribution in [3.05, 3.63) is 0 Å². The summed E-state index contributed by atoms with van der Waals surface area (Å²) in [5.74, 6) is -1.10. The summed E-state index contributed by atoms with van der Waals surface area (Å²) < 4.78 is 10.0. The monoisotopic (exact) mass is 219 g/mol. The summed E-state index contributed by atoms with van der Waals surface area (Å²) in [7, 11) is 1.62. The van der Waals surface area contributed by atoms with Crippen molar-refractivity contribution < 1.29 is 19.4 Å². The molecule has 5 nitrogen and oxygen atoms in total. The van der Waals surface area contributed by atoms with Crippen LogP contribution in [0.2, 0.25) is 0 Å². The highest BCUT2D eigenvalue weighted by Crippen LogP contribution is 2.10. The Kier molecular flexibility index (Phi) is 9.46. The van der Waals surface area contributed by atoms with Crippen molar-refractivity contribution in [2.45, 2.75) is 19.3 Å². The minimum absolute atomic E-state index is 0.332. The Hall–Kier alpha value is -0.650. The number of nitrogens with two attached hydrogens (primary N) is 1. The number of rotatable bonds is 10. The fourth-order valence-electron chi connectivity index (χ4n) is 1.27. The van der Waals surface area contributed by atoms with E-state index in [1.165, 1.54) is 0 Å². The minimum atomic E-state index is -0.766. The molecule has 0 saturated heterocycles. The van der Waals surface area contributed by atoms with Gasteiger partial charge in [0.2, 0.25) is 0 Å². The number of methoxy groups -OCH3 is 1. The van der Waals surface area contributed by atoms with Gasteiger partial charge in [0.15, 0.2) is 0 Å². The molecule has 3 N–H and O–H groups in total. The van der Waals surface area contributed by atoms with Crippen LogP contribution in [0.4, 0.5) is 0 Å². The molecule has 0 fully saturated rings. The summed E-state index contributed by atoms with van der Waals surface area (Å²) in [5.41, 5.74) is 5.33. The Labute approximate surface area is 90.5 Å². The summed E-state index contributed by atoms with van der Waals surface area (Å²) >= 11 is 0. The highest BCUT2D eigenvalue weighted by Gasteiger charge is 2.15. The molecular formula is C10H21NO4. The molecular weight excluding hydrogens is 198 g/mol. The van der Waals surface area contributed by atoms with Gasteiger partial charge in [-0.05, 0) is 25.8 Å². The predicted octanol–water partition coefficient (Wildman–Crippen LogP) is 0.479. The molecule has 0 spiro atoms. The summed E-state index contributed by atoms with van der Waals surface area (Å²) in [6, 6.07) is 0. The SMILES string of the molecule is COCCOCCCC(CCN)C(=O)O. The third-order valence-electron chi connectivity index (χ3n) is 2.14. The van der Waals surface area contributed by atoms with Gasteiger partial charge in [0.25, 0.3) is 0 Å². The molecule has 15 heavy (non-hydrogen) atoms. The normalized spacial score (nSPS) is 12.7. The molecule has 0 aromatic heterocycles. The lowest BCUT2D eigenvalue weighted by molar-refractivity contribution is -0.142. The number of carbonyl (C=O) groups is 1. The van der Waals surface area contributed by atoms with E-state index in [1.54, 1.807) is 7.11 Å². The van der Waals surface area contributed by atoms with Crippen LogP contribution in [-0.4, -0.2) is 44.6 Å². The highest BCUT2D eigenvalue weighted by atomic mass is 16.5. The second-order valence-electron chi connectivity index (χ2n) is 3.36. The number of carboxylic acids is 1. The molecule has 0 aliphatic carbocycles. The van der Waals surface area contributed by atoms with Crippen LogP contribution in [0.15, 0.2) is 0 Å². The molecule has 0 bridgehead atoms. The Morgan fingerprint density at radius 1 is 1.33 bits per heavy atom. The van der Waals surface area contributed by atoms with E-state index in [0.29, 0.717) is 39.2 Å². The van der Waals surface area contributed by atoms with Crippen LogP contribution in [0.5, 0.6) is 0 Å². The van der Waals surface area contributed by atoms with E-state index >= 15 is 0 Å². The second kappa shape index (κ2) is 9.89. The van der Waals surface area contributed by atoms with Gasteiger partial charge in [0.05, 0.1) is 19.1 Å². The molecule has 0 saturated carbocycles. The van der Waals surface area contributed by atoms with Crippen LogP contribution in [0, 0.1) is 5.92 Å². The predicted molar refractivity (Wildman–Crippen MR) is 56.7 cm³/mol. The van der Waals surface area contributed by atoms with Crippen molar-refractivity contribution in [3.63, 3.8) is 0 Å². The molecule has 5 heteroatoms. The maximum Gasteiger partial charge on any atom is 0.306 e. The Balaban J connectivity index is 3.41. The van der Waals surface area contributed by atoms with E-state index in [4.69, 9.17) is 20.3 Å². The minimum Gasteiger partial charge on any atom is -0.481 e. The molecule has 1 atom stereocenters. The lowest BCUT2D eigenvalue weighted by Crippen LogP contribution is -2.18. The maximum absolute atomic E-state index is 10.7. The molecule has 0 rings (SSSR count). The molecule has 0 radical (unpaired) electrons. The van der Waals surface area contributed by atoms with Crippen LogP contribution >= 0.6 is 0 Å². The standard InChI is InChI=1S/C10H21NO4/c1-14-7-8-15-6-2-3-9(4-5-11)10(12)13/h9H,2-8,11H2,1H3,(H,12,13). The van der Waals surface area contributed by atoms with E-state index < -0.39 is 5.97 Å². The first-order valence-electron chi connectivity index (χ1n) is 5.22. The first-order chi connectivity index (χ1) is 7.22. The van der Waals surface area contributed by atoms with Crippen LogP contribution < -0.4 is 5.73 Å². The van der Waals surface area contributed by atoms with Gasteiger partial charge in [-0.3, -0.25) is 4.79 Å². The smallest absolute Gasteiger partial charge is 0.306 e. The van der Waals surface area contributed by atoms with Crippen molar-refractivity contribution in [1.82, 2.24) is 0 Å². The van der Waals surface area contributed by atoms with Crippen LogP contribution in [0.25, 0.3) is 0 Å². The van der Waals surface area contributed by atoms with Gasteiger partial charge in [-0.1, -0.05) is 0 Å². The number of hydrogen-bond acceptors (Lipinski definition) is 4. The van der Waals surface area contributed by atoms with Gasteiger partial charge in [0, 0.05) is 13.7 Å². The van der Waals surface area contributed by atoms with Crippen molar-refractivity contribution >= 4 is 5.97 Å². The lowest BCUT2D eigenvalue weighted by Gasteiger charge is -2.10. The van der Waals surface area contributed by atoms with Gasteiger partial charge in [-0.2, -0.15) is 0 Å². The van der Waals surface area contributed by atoms with Crippen molar-refractivity contribution in [1.29, 1.82) is 0 Å². The lowest BCUT2D eigenvalue weighted by atomic mass is 10.00. The molecule has 0 amide bonds. The number of ether oxygens (including phenoxy) is 2. The van der Waals surface area contributed by atoms with Crippen LogP contribution in [0.1, 0.15) is 19.3 Å². The van der Waals surface area contributed by atoms with Gasteiger partial charge < -0.3 is 20.3 Å². The van der Waals surface area contributed by atoms with Crippen LogP contribution in [0.3, 0.4) is 0 Å². The summed E-state index contributed by atoms with van der Waals surface area (Å²) in [6.07, 6.45) is 1.91. The number of aliphatic carboxylic acids is 1. The Morgan fingerprint density at radius 3 is 2.60 bits per heavy atom. The molecule has 0 aromatic carbocycles. The van der Waals surface area contributed by atoms with E-state index in [2.05, 4.69) is 0 Å². The zero-order valence-electron chi connectivity index (χ0n) is 9.28. The average Bonchev–Trinajstić information content (AvgIpc) is 2.21. The summed E-state index contributed by atoms with van der Waals surface area (Å²) in [4.78, 5) is 10.7. The van der Waals surface area contributed by atoms with Gasteiger partial charge >= 0.3 is 5.97 Å². The fourth-order valence-corrected chi connectivity index (χ4v) is 1.27. The van der Waals surface area contributed by atoms with Crippen molar-refractivity contribution in [3.8, 4) is 0 Å². The highest BCUT2D eigenvalue weighted by molar-refractivity contribution is 5.69. The quantitative estimate of drug-likeness (QED) is 0.522. The molecule has 0 aliphatic rings. The molecule has 1 unspecified atom stereocenters. The Bertz CT molecular complexity index is 164. The van der Waals surface area contributed by atoms with E-state index in [-0.39, 0.29) is 5.92 Å². The van der Waals surface area contributed by atoms with Gasteiger partial charge in [0.1, 0.15) is 0 Å². The molecule has 0 aromatic rings. The maximum atomic E-state index is 10.7.